The molecule has 5 nitrogen and oxygen atoms in total. The van der Waals surface area contributed by atoms with Gasteiger partial charge >= 0.3 is 5.97 Å². The Morgan fingerprint density at radius 3 is 2.48 bits per heavy atom. The average Bonchev–Trinajstić information content (AvgIpc) is 3.30. The number of aliphatic carboxylic acids is 1. The molecule has 2 bridgehead atoms. The fourth-order valence-electron chi connectivity index (χ4n) is 4.12. The summed E-state index contributed by atoms with van der Waals surface area (Å²) >= 11 is 0. The number of nitrogens with one attached hydrogen (secondary N) is 1. The molecular weight excluding hydrogens is 318 g/mol. The van der Waals surface area contributed by atoms with Crippen LogP contribution in [0.3, 0.4) is 0 Å². The molecular formula is C20H19NO4. The van der Waals surface area contributed by atoms with E-state index in [0.29, 0.717) is 11.4 Å². The summed E-state index contributed by atoms with van der Waals surface area (Å²) in [7, 11) is 0. The second-order valence-electron chi connectivity index (χ2n) is 6.78. The van der Waals surface area contributed by atoms with Gasteiger partial charge in [0.15, 0.2) is 0 Å². The Morgan fingerprint density at radius 2 is 1.80 bits per heavy atom. The molecule has 1 saturated carbocycles. The molecule has 1 amide bonds. The van der Waals surface area contributed by atoms with Crippen LogP contribution in [0.2, 0.25) is 0 Å². The van der Waals surface area contributed by atoms with Gasteiger partial charge in [-0.3, -0.25) is 9.59 Å². The number of amides is 1. The third-order valence-corrected chi connectivity index (χ3v) is 5.24. The fourth-order valence-corrected chi connectivity index (χ4v) is 4.12. The summed E-state index contributed by atoms with van der Waals surface area (Å²) in [6, 6.07) is 11.1. The van der Waals surface area contributed by atoms with Crippen molar-refractivity contribution in [2.75, 3.05) is 5.32 Å². The van der Waals surface area contributed by atoms with Crippen LogP contribution in [-0.2, 0) is 9.59 Å². The number of hydrogen-bond donors (Lipinski definition) is 2. The van der Waals surface area contributed by atoms with E-state index in [2.05, 4.69) is 5.32 Å². The molecule has 2 aliphatic carbocycles. The van der Waals surface area contributed by atoms with E-state index in [0.717, 1.165) is 17.7 Å². The van der Waals surface area contributed by atoms with Gasteiger partial charge in [0.2, 0.25) is 5.91 Å². The molecule has 1 aromatic carbocycles. The number of carboxylic acids is 1. The largest absolute Gasteiger partial charge is 0.481 e. The number of hydrogen-bond acceptors (Lipinski definition) is 3. The second kappa shape index (κ2) is 5.92. The molecule has 4 rings (SSSR count). The Hall–Kier alpha value is -2.82. The van der Waals surface area contributed by atoms with Gasteiger partial charge in [0.25, 0.3) is 0 Å². The van der Waals surface area contributed by atoms with Crippen molar-refractivity contribution in [2.45, 2.75) is 13.3 Å². The predicted octanol–water partition coefficient (Wildman–Crippen LogP) is 3.72. The van der Waals surface area contributed by atoms with Crippen LogP contribution in [0.25, 0.3) is 11.3 Å². The summed E-state index contributed by atoms with van der Waals surface area (Å²) in [6.07, 6.45) is 4.66. The molecule has 0 spiro atoms. The second-order valence-corrected chi connectivity index (χ2v) is 6.78. The van der Waals surface area contributed by atoms with Crippen LogP contribution in [0, 0.1) is 30.6 Å². The number of carboxylic acid groups (broad SMARTS) is 1. The Morgan fingerprint density at radius 1 is 1.08 bits per heavy atom. The first-order chi connectivity index (χ1) is 12.0. The smallest absolute Gasteiger partial charge is 0.307 e. The standard InChI is InChI=1S/C20H19NO4/c1-11-6-9-16(25-11)14-4-2-3-5-15(14)21-19(22)17-12-7-8-13(10-12)18(17)20(23)24/h2-9,12-13,17-18H,10H2,1H3,(H,21,22)(H,23,24)/t12-,13-,17-,18+/m1/s1. The van der Waals surface area contributed by atoms with Crippen molar-refractivity contribution in [1.29, 1.82) is 0 Å². The van der Waals surface area contributed by atoms with E-state index in [4.69, 9.17) is 4.42 Å². The number of benzene rings is 1. The van der Waals surface area contributed by atoms with E-state index >= 15 is 0 Å². The normalized spacial score (nSPS) is 26.8. The van der Waals surface area contributed by atoms with Crippen LogP contribution in [0.15, 0.2) is 53.0 Å². The monoisotopic (exact) mass is 337 g/mol. The first-order valence-electron chi connectivity index (χ1n) is 8.42. The fraction of sp³-hybridized carbons (Fsp3) is 0.300. The maximum absolute atomic E-state index is 12.9. The first kappa shape index (κ1) is 15.7. The van der Waals surface area contributed by atoms with Crippen molar-refractivity contribution in [3.8, 4) is 11.3 Å². The van der Waals surface area contributed by atoms with Gasteiger partial charge in [-0.15, -0.1) is 0 Å². The lowest BCUT2D eigenvalue weighted by molar-refractivity contribution is -0.146. The van der Waals surface area contributed by atoms with E-state index in [-0.39, 0.29) is 17.7 Å². The van der Waals surface area contributed by atoms with E-state index in [1.165, 1.54) is 0 Å². The number of para-hydroxylation sites is 1. The Kier molecular flexibility index (Phi) is 3.71. The van der Waals surface area contributed by atoms with Crippen LogP contribution in [0.1, 0.15) is 12.2 Å². The minimum absolute atomic E-state index is 0.00381. The SMILES string of the molecule is Cc1ccc(-c2ccccc2NC(=O)[C@H]2[C@@H](C(=O)O)[C@@H]3C=C[C@@H]2C3)o1. The van der Waals surface area contributed by atoms with Crippen LogP contribution >= 0.6 is 0 Å². The van der Waals surface area contributed by atoms with Crippen LogP contribution in [0.4, 0.5) is 5.69 Å². The summed E-state index contributed by atoms with van der Waals surface area (Å²) in [5.74, 6) is -0.875. The molecule has 128 valence electrons. The highest BCUT2D eigenvalue weighted by atomic mass is 16.4. The van der Waals surface area contributed by atoms with E-state index in [1.807, 2.05) is 55.5 Å². The zero-order valence-electron chi connectivity index (χ0n) is 13.8. The predicted molar refractivity (Wildman–Crippen MR) is 92.9 cm³/mol. The van der Waals surface area contributed by atoms with E-state index < -0.39 is 17.8 Å². The molecule has 25 heavy (non-hydrogen) atoms. The lowest BCUT2D eigenvalue weighted by atomic mass is 9.82. The Labute approximate surface area is 145 Å². The van der Waals surface area contributed by atoms with Gasteiger partial charge in [-0.05, 0) is 49.4 Å². The third kappa shape index (κ3) is 2.65. The van der Waals surface area contributed by atoms with Crippen molar-refractivity contribution < 1.29 is 19.1 Å². The van der Waals surface area contributed by atoms with Gasteiger partial charge < -0.3 is 14.8 Å². The molecule has 1 fully saturated rings. The van der Waals surface area contributed by atoms with Crippen LogP contribution in [0.5, 0.6) is 0 Å². The number of allylic oxidation sites excluding steroid dienone is 2. The van der Waals surface area contributed by atoms with E-state index in [9.17, 15) is 14.7 Å². The third-order valence-electron chi connectivity index (χ3n) is 5.24. The Bertz CT molecular complexity index is 866. The number of furan rings is 1. The molecule has 2 aliphatic rings. The zero-order chi connectivity index (χ0) is 17.6. The highest BCUT2D eigenvalue weighted by Crippen LogP contribution is 2.48. The highest BCUT2D eigenvalue weighted by Gasteiger charge is 2.51. The van der Waals surface area contributed by atoms with Crippen molar-refractivity contribution in [1.82, 2.24) is 0 Å². The molecule has 0 unspecified atom stereocenters. The van der Waals surface area contributed by atoms with Gasteiger partial charge in [-0.2, -0.15) is 0 Å². The number of aryl methyl sites for hydroxylation is 1. The molecule has 4 atom stereocenters. The zero-order valence-corrected chi connectivity index (χ0v) is 13.8. The lowest BCUT2D eigenvalue weighted by Crippen LogP contribution is -2.36. The van der Waals surface area contributed by atoms with Gasteiger partial charge in [-0.1, -0.05) is 24.3 Å². The number of rotatable bonds is 4. The molecule has 1 aromatic heterocycles. The van der Waals surface area contributed by atoms with Gasteiger partial charge in [-0.25, -0.2) is 0 Å². The molecule has 5 heteroatoms. The maximum Gasteiger partial charge on any atom is 0.307 e. The van der Waals surface area contributed by atoms with Crippen molar-refractivity contribution in [2.24, 2.45) is 23.7 Å². The highest BCUT2D eigenvalue weighted by molar-refractivity contribution is 5.99. The molecule has 2 aromatic rings. The van der Waals surface area contributed by atoms with Gasteiger partial charge in [0.1, 0.15) is 11.5 Å². The Balaban J connectivity index is 1.62. The maximum atomic E-state index is 12.9. The number of carbonyl (C=O) groups is 2. The molecule has 0 aliphatic heterocycles. The average molecular weight is 337 g/mol. The first-order valence-corrected chi connectivity index (χ1v) is 8.42. The van der Waals surface area contributed by atoms with Crippen LogP contribution in [-0.4, -0.2) is 17.0 Å². The minimum atomic E-state index is -0.896. The van der Waals surface area contributed by atoms with Gasteiger partial charge in [0.05, 0.1) is 17.5 Å². The topological polar surface area (TPSA) is 79.5 Å². The van der Waals surface area contributed by atoms with Crippen LogP contribution < -0.4 is 5.32 Å². The molecule has 2 N–H and O–H groups in total. The van der Waals surface area contributed by atoms with Crippen molar-refractivity contribution in [3.63, 3.8) is 0 Å². The minimum Gasteiger partial charge on any atom is -0.481 e. The summed E-state index contributed by atoms with van der Waals surface area (Å²) in [6.45, 7) is 1.86. The molecule has 0 saturated heterocycles. The molecule has 1 heterocycles. The molecule has 0 radical (unpaired) electrons. The van der Waals surface area contributed by atoms with Crippen molar-refractivity contribution >= 4 is 17.6 Å². The van der Waals surface area contributed by atoms with Crippen molar-refractivity contribution in [3.05, 3.63) is 54.3 Å². The summed E-state index contributed by atoms with van der Waals surface area (Å²) in [4.78, 5) is 24.5. The lowest BCUT2D eigenvalue weighted by Gasteiger charge is -2.24. The van der Waals surface area contributed by atoms with Gasteiger partial charge in [0, 0.05) is 5.56 Å². The summed E-state index contributed by atoms with van der Waals surface area (Å²) < 4.78 is 5.67. The number of carbonyl (C=O) groups excluding carboxylic acids is 1. The number of fused-ring (bicyclic) bond motifs is 2. The number of anilines is 1. The summed E-state index contributed by atoms with van der Waals surface area (Å²) in [5, 5.41) is 12.5. The quantitative estimate of drug-likeness (QED) is 0.834. The van der Waals surface area contributed by atoms with E-state index in [1.54, 1.807) is 0 Å². The summed E-state index contributed by atoms with van der Waals surface area (Å²) in [5.41, 5.74) is 1.42.